The number of nitrogens with zero attached hydrogens (tertiary/aromatic N) is 1. The van der Waals surface area contributed by atoms with Crippen molar-refractivity contribution in [2.75, 3.05) is 0 Å². The van der Waals surface area contributed by atoms with Crippen LogP contribution in [0.1, 0.15) is 16.1 Å². The minimum atomic E-state index is -0.344. The summed E-state index contributed by atoms with van der Waals surface area (Å²) >= 11 is 6.11. The molecule has 4 rings (SSSR count). The topological polar surface area (TPSA) is 49.0 Å². The highest BCUT2D eigenvalue weighted by Gasteiger charge is 2.24. The Morgan fingerprint density at radius 1 is 1.07 bits per heavy atom. The van der Waals surface area contributed by atoms with Crippen LogP contribution in [0.2, 0.25) is 5.02 Å². The van der Waals surface area contributed by atoms with E-state index in [1.54, 1.807) is 24.3 Å². The number of amides is 1. The highest BCUT2D eigenvalue weighted by molar-refractivity contribution is 6.30. The maximum atomic E-state index is 13.8. The molecule has 0 spiro atoms. The molecule has 4 aromatic rings. The van der Waals surface area contributed by atoms with Crippen molar-refractivity contribution in [2.24, 2.45) is 0 Å². The first-order valence-corrected chi connectivity index (χ1v) is 8.81. The van der Waals surface area contributed by atoms with Gasteiger partial charge < -0.3 is 5.32 Å². The minimum Gasteiger partial charge on any atom is -0.345 e. The second kappa shape index (κ2) is 7.21. The Hall–Kier alpha value is -3.18. The van der Waals surface area contributed by atoms with Gasteiger partial charge in [-0.05, 0) is 36.4 Å². The summed E-state index contributed by atoms with van der Waals surface area (Å²) in [6.45, 7) is 0.107. The number of imidazole rings is 1. The third kappa shape index (κ3) is 3.41. The number of hydrogen-bond donors (Lipinski definition) is 2. The number of fused-ring (bicyclic) bond motifs is 1. The number of benzene rings is 2. The molecule has 27 heavy (non-hydrogen) atoms. The number of H-pyrrole nitrogens is 1. The largest absolute Gasteiger partial charge is 0.345 e. The Morgan fingerprint density at radius 3 is 2.70 bits per heavy atom. The first-order valence-electron chi connectivity index (χ1n) is 8.43. The molecule has 2 aromatic heterocycles. The molecule has 1 amide bonds. The molecule has 0 aliphatic carbocycles. The second-order valence-electron chi connectivity index (χ2n) is 6.09. The third-order valence-corrected chi connectivity index (χ3v) is 4.56. The molecule has 0 unspecified atom stereocenters. The van der Waals surface area contributed by atoms with Gasteiger partial charge in [-0.3, -0.25) is 4.79 Å². The zero-order valence-corrected chi connectivity index (χ0v) is 15.0. The molecular weight excluding hydrogens is 365 g/mol. The number of carbonyl (C=O) groups excluding carboxylic acids is 1. The fraction of sp³-hybridized carbons (Fsp3) is 0.0476. The van der Waals surface area contributed by atoms with Gasteiger partial charge in [0, 0.05) is 17.1 Å². The molecule has 0 atom stereocenters. The average molecular weight is 381 g/mol. The molecule has 0 fully saturated rings. The van der Waals surface area contributed by atoms with E-state index >= 15 is 0 Å². The molecule has 134 valence electrons. The predicted octanol–water partition coefficient (Wildman–Crippen LogP) is 4.14. The van der Waals surface area contributed by atoms with Gasteiger partial charge >= 0.3 is 0 Å². The lowest BCUT2D eigenvalue weighted by Gasteiger charge is -2.03. The fourth-order valence-corrected chi connectivity index (χ4v) is 3.20. The van der Waals surface area contributed by atoms with E-state index in [-0.39, 0.29) is 18.3 Å². The van der Waals surface area contributed by atoms with Crippen molar-refractivity contribution in [3.8, 4) is 11.4 Å². The van der Waals surface area contributed by atoms with Crippen molar-refractivity contribution in [1.82, 2.24) is 10.3 Å². The number of hydrogen-bond acceptors (Lipinski definition) is 1. The molecule has 0 bridgehead atoms. The summed E-state index contributed by atoms with van der Waals surface area (Å²) in [7, 11) is 0. The lowest BCUT2D eigenvalue weighted by Crippen LogP contribution is -2.25. The summed E-state index contributed by atoms with van der Waals surface area (Å²) in [5, 5.41) is 3.38. The average Bonchev–Trinajstić information content (AvgIpc) is 3.07. The molecule has 0 aliphatic heterocycles. The first kappa shape index (κ1) is 17.2. The van der Waals surface area contributed by atoms with E-state index < -0.39 is 0 Å². The van der Waals surface area contributed by atoms with Crippen LogP contribution in [0.3, 0.4) is 0 Å². The number of rotatable bonds is 4. The highest BCUT2D eigenvalue weighted by atomic mass is 35.5. The van der Waals surface area contributed by atoms with E-state index in [2.05, 4.69) is 10.3 Å². The molecule has 2 heterocycles. The first-order chi connectivity index (χ1) is 13.1. The van der Waals surface area contributed by atoms with Crippen molar-refractivity contribution in [2.45, 2.75) is 6.54 Å². The van der Waals surface area contributed by atoms with Crippen LogP contribution in [0.25, 0.3) is 16.9 Å². The van der Waals surface area contributed by atoms with Gasteiger partial charge in [0.25, 0.3) is 11.7 Å². The van der Waals surface area contributed by atoms with Crippen molar-refractivity contribution in [3.05, 3.63) is 95.0 Å². The number of carbonyl (C=O) groups is 1. The van der Waals surface area contributed by atoms with Crippen molar-refractivity contribution < 1.29 is 13.6 Å². The van der Waals surface area contributed by atoms with E-state index in [9.17, 15) is 9.18 Å². The normalized spacial score (nSPS) is 10.9. The van der Waals surface area contributed by atoms with Crippen LogP contribution in [-0.2, 0) is 6.54 Å². The van der Waals surface area contributed by atoms with Gasteiger partial charge in [0.2, 0.25) is 5.69 Å². The van der Waals surface area contributed by atoms with E-state index in [1.807, 2.05) is 47.0 Å². The maximum Gasteiger partial charge on any atom is 0.295 e. The summed E-state index contributed by atoms with van der Waals surface area (Å²) in [6.07, 6.45) is 1.87. The van der Waals surface area contributed by atoms with Gasteiger partial charge in [-0.1, -0.05) is 41.9 Å². The molecule has 0 radical (unpaired) electrons. The number of pyridine rings is 1. The lowest BCUT2D eigenvalue weighted by atomic mass is 10.2. The van der Waals surface area contributed by atoms with Crippen LogP contribution < -0.4 is 9.72 Å². The predicted molar refractivity (Wildman–Crippen MR) is 102 cm³/mol. The monoisotopic (exact) mass is 380 g/mol. The number of halogens is 2. The third-order valence-electron chi connectivity index (χ3n) is 4.32. The molecule has 2 N–H and O–H groups in total. The van der Waals surface area contributed by atoms with Crippen LogP contribution >= 0.6 is 11.6 Å². The highest BCUT2D eigenvalue weighted by Crippen LogP contribution is 2.21. The summed E-state index contributed by atoms with van der Waals surface area (Å²) in [6, 6.07) is 19.4. The van der Waals surface area contributed by atoms with Crippen LogP contribution in [-0.4, -0.2) is 10.9 Å². The van der Waals surface area contributed by atoms with E-state index in [4.69, 9.17) is 11.6 Å². The Kier molecular flexibility index (Phi) is 4.60. The van der Waals surface area contributed by atoms with Crippen LogP contribution in [0, 0.1) is 5.82 Å². The zero-order chi connectivity index (χ0) is 18.8. The lowest BCUT2D eigenvalue weighted by molar-refractivity contribution is -0.498. The standard InChI is InChI=1S/C21H15ClFN3O/c22-16-8-5-7-14(12-16)20-25-19(18-10-3-4-11-26(18)20)21(27)24-13-15-6-1-2-9-17(15)23/h1-12H,13H2,(H,24,27)/p+1. The Balaban J connectivity index is 1.70. The van der Waals surface area contributed by atoms with Crippen LogP contribution in [0.15, 0.2) is 72.9 Å². The SMILES string of the molecule is O=C(NCc1ccccc1F)c1[nH]c(-c2cccc(Cl)c2)[n+]2ccccc12. The molecule has 6 heteroatoms. The van der Waals surface area contributed by atoms with Crippen LogP contribution in [0.5, 0.6) is 0 Å². The summed E-state index contributed by atoms with van der Waals surface area (Å²) in [5.41, 5.74) is 2.42. The fourth-order valence-electron chi connectivity index (χ4n) is 3.01. The van der Waals surface area contributed by atoms with Gasteiger partial charge in [0.05, 0.1) is 11.8 Å². The maximum absolute atomic E-state index is 13.8. The van der Waals surface area contributed by atoms with Crippen molar-refractivity contribution >= 4 is 23.0 Å². The van der Waals surface area contributed by atoms with E-state index in [1.165, 1.54) is 6.07 Å². The van der Waals surface area contributed by atoms with E-state index in [0.29, 0.717) is 16.3 Å². The molecule has 2 aromatic carbocycles. The quantitative estimate of drug-likeness (QED) is 0.513. The minimum absolute atomic E-state index is 0.107. The molecule has 4 nitrogen and oxygen atoms in total. The summed E-state index contributed by atoms with van der Waals surface area (Å²) in [5.74, 6) is 0.0857. The Labute approximate surface area is 160 Å². The van der Waals surface area contributed by atoms with Gasteiger partial charge in [-0.15, -0.1) is 0 Å². The van der Waals surface area contributed by atoms with E-state index in [0.717, 1.165) is 16.9 Å². The molecule has 0 saturated heterocycles. The van der Waals surface area contributed by atoms with Gasteiger partial charge in [0.15, 0.2) is 5.52 Å². The number of aromatic amines is 1. The van der Waals surface area contributed by atoms with Crippen LogP contribution in [0.4, 0.5) is 4.39 Å². The van der Waals surface area contributed by atoms with Crippen molar-refractivity contribution in [3.63, 3.8) is 0 Å². The van der Waals surface area contributed by atoms with Gasteiger partial charge in [-0.2, -0.15) is 4.40 Å². The number of aromatic nitrogens is 2. The molecule has 0 aliphatic rings. The zero-order valence-electron chi connectivity index (χ0n) is 14.2. The van der Waals surface area contributed by atoms with Crippen molar-refractivity contribution in [1.29, 1.82) is 0 Å². The molecule has 0 saturated carbocycles. The summed E-state index contributed by atoms with van der Waals surface area (Å²) in [4.78, 5) is 15.9. The Morgan fingerprint density at radius 2 is 1.89 bits per heavy atom. The molecular formula is C21H16ClFN3O+. The number of nitrogens with one attached hydrogen (secondary N) is 2. The second-order valence-corrected chi connectivity index (χ2v) is 6.53. The van der Waals surface area contributed by atoms with Gasteiger partial charge in [-0.25, -0.2) is 9.37 Å². The summed E-state index contributed by atoms with van der Waals surface area (Å²) < 4.78 is 15.7. The smallest absolute Gasteiger partial charge is 0.295 e. The Bertz CT molecular complexity index is 1140. The van der Waals surface area contributed by atoms with Gasteiger partial charge in [0.1, 0.15) is 5.82 Å².